The summed E-state index contributed by atoms with van der Waals surface area (Å²) < 4.78 is 11.3. The quantitative estimate of drug-likeness (QED) is 0.376. The number of halogens is 1. The molecule has 1 fully saturated rings. The first-order valence-electron chi connectivity index (χ1n) is 9.53. The van der Waals surface area contributed by atoms with Gasteiger partial charge in [0.1, 0.15) is 11.9 Å². The first-order chi connectivity index (χ1) is 13.3. The fraction of sp³-hybridized carbons (Fsp3) is 0.429. The lowest BCUT2D eigenvalue weighted by atomic mass is 10.1. The van der Waals surface area contributed by atoms with Gasteiger partial charge in [-0.25, -0.2) is 9.98 Å². The van der Waals surface area contributed by atoms with Crippen molar-refractivity contribution in [1.29, 1.82) is 0 Å². The largest absolute Gasteiger partial charge is 0.490 e. The van der Waals surface area contributed by atoms with Gasteiger partial charge in [0.05, 0.1) is 19.3 Å². The number of aromatic nitrogens is 1. The van der Waals surface area contributed by atoms with Crippen LogP contribution in [0.15, 0.2) is 53.5 Å². The number of methoxy groups -OCH3 is 1. The zero-order chi connectivity index (χ0) is 18.9. The number of ether oxygens (including phenoxy) is 2. The predicted octanol–water partition coefficient (Wildman–Crippen LogP) is 3.72. The van der Waals surface area contributed by atoms with Crippen LogP contribution in [0, 0.1) is 0 Å². The van der Waals surface area contributed by atoms with E-state index in [0.29, 0.717) is 12.4 Å². The van der Waals surface area contributed by atoms with Crippen LogP contribution in [0.4, 0.5) is 0 Å². The van der Waals surface area contributed by atoms with Crippen molar-refractivity contribution in [2.45, 2.75) is 32.4 Å². The Kier molecular flexibility index (Phi) is 9.33. The SMILES string of the molecule is CCNC(=NCc1cccc(OC)n1)N1CCC(Oc2ccccc2)CC1.I. The van der Waals surface area contributed by atoms with Gasteiger partial charge in [-0.15, -0.1) is 24.0 Å². The summed E-state index contributed by atoms with van der Waals surface area (Å²) in [6, 6.07) is 15.8. The molecule has 0 amide bonds. The van der Waals surface area contributed by atoms with Crippen LogP contribution >= 0.6 is 24.0 Å². The molecular weight excluding hydrogens is 467 g/mol. The highest BCUT2D eigenvalue weighted by atomic mass is 127. The van der Waals surface area contributed by atoms with Crippen molar-refractivity contribution in [3.05, 3.63) is 54.2 Å². The summed E-state index contributed by atoms with van der Waals surface area (Å²) in [6.07, 6.45) is 2.22. The predicted molar refractivity (Wildman–Crippen MR) is 123 cm³/mol. The summed E-state index contributed by atoms with van der Waals surface area (Å²) in [5, 5.41) is 3.39. The van der Waals surface area contributed by atoms with Crippen molar-refractivity contribution in [2.75, 3.05) is 26.7 Å². The van der Waals surface area contributed by atoms with E-state index in [1.54, 1.807) is 7.11 Å². The lowest BCUT2D eigenvalue weighted by molar-refractivity contribution is 0.129. The van der Waals surface area contributed by atoms with Gasteiger partial charge >= 0.3 is 0 Å². The number of nitrogens with one attached hydrogen (secondary N) is 1. The molecule has 6 nitrogen and oxygen atoms in total. The van der Waals surface area contributed by atoms with E-state index >= 15 is 0 Å². The van der Waals surface area contributed by atoms with Gasteiger partial charge in [-0.2, -0.15) is 0 Å². The smallest absolute Gasteiger partial charge is 0.213 e. The second-order valence-corrected chi connectivity index (χ2v) is 6.46. The summed E-state index contributed by atoms with van der Waals surface area (Å²) in [6.45, 7) is 5.30. The van der Waals surface area contributed by atoms with Gasteiger partial charge < -0.3 is 19.7 Å². The van der Waals surface area contributed by atoms with E-state index in [0.717, 1.165) is 49.9 Å². The minimum atomic E-state index is 0. The molecule has 1 aromatic heterocycles. The van der Waals surface area contributed by atoms with Gasteiger partial charge in [-0.3, -0.25) is 0 Å². The molecular formula is C21H29IN4O2. The Morgan fingerprint density at radius 2 is 1.89 bits per heavy atom. The molecule has 0 saturated carbocycles. The van der Waals surface area contributed by atoms with E-state index in [9.17, 15) is 0 Å². The second-order valence-electron chi connectivity index (χ2n) is 6.46. The lowest BCUT2D eigenvalue weighted by Crippen LogP contribution is -2.47. The third kappa shape index (κ3) is 6.54. The summed E-state index contributed by atoms with van der Waals surface area (Å²) in [5.41, 5.74) is 0.895. The highest BCUT2D eigenvalue weighted by molar-refractivity contribution is 14.0. The van der Waals surface area contributed by atoms with Gasteiger partial charge in [-0.05, 0) is 25.1 Å². The third-order valence-corrected chi connectivity index (χ3v) is 4.50. The molecule has 0 aliphatic carbocycles. The topological polar surface area (TPSA) is 59.0 Å². The van der Waals surface area contributed by atoms with Crippen LogP contribution < -0.4 is 14.8 Å². The highest BCUT2D eigenvalue weighted by Gasteiger charge is 2.22. The fourth-order valence-corrected chi connectivity index (χ4v) is 3.12. The number of nitrogens with zero attached hydrogens (tertiary/aromatic N) is 3. The number of aliphatic imine (C=N–C) groups is 1. The Hall–Kier alpha value is -2.03. The van der Waals surface area contributed by atoms with Crippen LogP contribution in [0.25, 0.3) is 0 Å². The van der Waals surface area contributed by atoms with Gasteiger partial charge in [0.25, 0.3) is 0 Å². The fourth-order valence-electron chi connectivity index (χ4n) is 3.12. The maximum Gasteiger partial charge on any atom is 0.213 e. The average Bonchev–Trinajstić information content (AvgIpc) is 2.73. The Labute approximate surface area is 184 Å². The minimum absolute atomic E-state index is 0. The monoisotopic (exact) mass is 496 g/mol. The average molecular weight is 496 g/mol. The summed E-state index contributed by atoms with van der Waals surface area (Å²) in [4.78, 5) is 11.5. The minimum Gasteiger partial charge on any atom is -0.490 e. The molecule has 2 aromatic rings. The van der Waals surface area contributed by atoms with E-state index in [2.05, 4.69) is 22.1 Å². The summed E-state index contributed by atoms with van der Waals surface area (Å²) in [7, 11) is 1.63. The molecule has 0 atom stereocenters. The molecule has 28 heavy (non-hydrogen) atoms. The van der Waals surface area contributed by atoms with Crippen molar-refractivity contribution in [1.82, 2.24) is 15.2 Å². The number of piperidine rings is 1. The molecule has 1 saturated heterocycles. The Morgan fingerprint density at radius 3 is 2.57 bits per heavy atom. The van der Waals surface area contributed by atoms with Gasteiger partial charge in [0, 0.05) is 38.5 Å². The van der Waals surface area contributed by atoms with Crippen LogP contribution in [0.3, 0.4) is 0 Å². The van der Waals surface area contributed by atoms with Crippen LogP contribution in [0.2, 0.25) is 0 Å². The molecule has 2 heterocycles. The normalized spacial score (nSPS) is 14.9. The molecule has 0 spiro atoms. The number of pyridine rings is 1. The number of hydrogen-bond donors (Lipinski definition) is 1. The molecule has 0 bridgehead atoms. The molecule has 1 N–H and O–H groups in total. The maximum atomic E-state index is 6.09. The zero-order valence-corrected chi connectivity index (χ0v) is 18.8. The first kappa shape index (κ1) is 22.3. The molecule has 152 valence electrons. The van der Waals surface area contributed by atoms with E-state index in [1.165, 1.54) is 0 Å². The number of para-hydroxylation sites is 1. The van der Waals surface area contributed by atoms with E-state index < -0.39 is 0 Å². The van der Waals surface area contributed by atoms with Gasteiger partial charge in [0.15, 0.2) is 5.96 Å². The molecule has 0 unspecified atom stereocenters. The number of guanidine groups is 1. The Bertz CT molecular complexity index is 734. The standard InChI is InChI=1S/C21H28N4O2.HI/c1-3-22-21(23-16-17-8-7-11-20(24-17)26-2)25-14-12-19(13-15-25)27-18-9-5-4-6-10-18;/h4-11,19H,3,12-16H2,1-2H3,(H,22,23);1H. The van der Waals surface area contributed by atoms with Crippen LogP contribution in [-0.2, 0) is 6.54 Å². The van der Waals surface area contributed by atoms with E-state index in [1.807, 2.05) is 48.5 Å². The van der Waals surface area contributed by atoms with Crippen molar-refractivity contribution in [3.63, 3.8) is 0 Å². The first-order valence-corrected chi connectivity index (χ1v) is 9.53. The highest BCUT2D eigenvalue weighted by Crippen LogP contribution is 2.19. The van der Waals surface area contributed by atoms with Gasteiger partial charge in [-0.1, -0.05) is 24.3 Å². The van der Waals surface area contributed by atoms with Crippen molar-refractivity contribution in [3.8, 4) is 11.6 Å². The number of likely N-dealkylation sites (tertiary alicyclic amines) is 1. The zero-order valence-electron chi connectivity index (χ0n) is 16.5. The summed E-state index contributed by atoms with van der Waals surface area (Å²) in [5.74, 6) is 2.49. The van der Waals surface area contributed by atoms with Crippen molar-refractivity contribution in [2.24, 2.45) is 4.99 Å². The number of hydrogen-bond acceptors (Lipinski definition) is 4. The number of rotatable bonds is 6. The van der Waals surface area contributed by atoms with E-state index in [-0.39, 0.29) is 30.1 Å². The third-order valence-electron chi connectivity index (χ3n) is 4.50. The Morgan fingerprint density at radius 1 is 1.14 bits per heavy atom. The van der Waals surface area contributed by atoms with E-state index in [4.69, 9.17) is 14.5 Å². The molecule has 1 aliphatic rings. The van der Waals surface area contributed by atoms with Gasteiger partial charge in [0.2, 0.25) is 5.88 Å². The Balaban J connectivity index is 0.00000280. The second kappa shape index (κ2) is 11.7. The molecule has 7 heteroatoms. The maximum absolute atomic E-state index is 6.09. The lowest BCUT2D eigenvalue weighted by Gasteiger charge is -2.34. The van der Waals surface area contributed by atoms with Crippen LogP contribution in [0.1, 0.15) is 25.5 Å². The van der Waals surface area contributed by atoms with Crippen molar-refractivity contribution >= 4 is 29.9 Å². The molecule has 1 aliphatic heterocycles. The van der Waals surface area contributed by atoms with Crippen LogP contribution in [-0.4, -0.2) is 48.7 Å². The number of benzene rings is 1. The molecule has 3 rings (SSSR count). The molecule has 0 radical (unpaired) electrons. The van der Waals surface area contributed by atoms with Crippen molar-refractivity contribution < 1.29 is 9.47 Å². The summed E-state index contributed by atoms with van der Waals surface area (Å²) >= 11 is 0. The van der Waals surface area contributed by atoms with Crippen LogP contribution in [0.5, 0.6) is 11.6 Å². The molecule has 1 aromatic carbocycles.